The fraction of sp³-hybridized carbons (Fsp3) is 0.0714. The van der Waals surface area contributed by atoms with Crippen molar-refractivity contribution in [3.8, 4) is 62.2 Å². The van der Waals surface area contributed by atoms with E-state index < -0.39 is 6.85 Å². The van der Waals surface area contributed by atoms with Gasteiger partial charge >= 0.3 is 0 Å². The third-order valence-electron chi connectivity index (χ3n) is 12.1. The van der Waals surface area contributed by atoms with Crippen molar-refractivity contribution in [1.29, 1.82) is 0 Å². The van der Waals surface area contributed by atoms with Crippen molar-refractivity contribution in [3.63, 3.8) is 0 Å². The Morgan fingerprint density at radius 3 is 1.54 bits per heavy atom. The van der Waals surface area contributed by atoms with Gasteiger partial charge in [-0.15, -0.1) is 179 Å². The molecule has 0 amide bonds. The van der Waals surface area contributed by atoms with Gasteiger partial charge in [0.25, 0.3) is 0 Å². The third-order valence-corrected chi connectivity index (χ3v) is 12.1. The Morgan fingerprint density at radius 2 is 0.939 bits per heavy atom. The number of nitrogens with zero attached hydrogens (tertiary/aromatic N) is 7. The van der Waals surface area contributed by atoms with Crippen LogP contribution in [-0.4, -0.2) is 34.1 Å². The van der Waals surface area contributed by atoms with Crippen LogP contribution in [0.1, 0.15) is 26.4 Å². The normalized spacial score (nSPS) is 10.5. The van der Waals surface area contributed by atoms with Crippen molar-refractivity contribution in [3.05, 3.63) is 302 Å². The molecular formula is C70H56Ir5N7-5. The van der Waals surface area contributed by atoms with Gasteiger partial charge in [-0.1, -0.05) is 78.7 Å². The monoisotopic (exact) mass is 1960 g/mol. The summed E-state index contributed by atoms with van der Waals surface area (Å²) < 4.78 is 27.0. The molecule has 0 bridgehead atoms. The molecule has 5 aromatic heterocycles. The van der Waals surface area contributed by atoms with Gasteiger partial charge in [0.1, 0.15) is 0 Å². The first kappa shape index (κ1) is 63.0. The number of fused-ring (bicyclic) bond motifs is 2. The molecule has 0 aliphatic carbocycles. The number of rotatable bonds is 6. The van der Waals surface area contributed by atoms with Crippen LogP contribution in [0, 0.1) is 58.0 Å². The number of pyridine rings is 3. The number of hydrogen-bond donors (Lipinski definition) is 0. The Balaban J connectivity index is 0.000000231. The summed E-state index contributed by atoms with van der Waals surface area (Å²) in [5, 5.41) is 0. The molecule has 82 heavy (non-hydrogen) atoms. The molecule has 8 aromatic carbocycles. The number of benzene rings is 8. The minimum Gasteiger partial charge on any atom is -0.367 e. The molecule has 13 rings (SSSR count). The molecule has 5 radical (unpaired) electrons. The van der Waals surface area contributed by atoms with E-state index in [1.165, 1.54) is 16.7 Å². The van der Waals surface area contributed by atoms with Gasteiger partial charge in [0.15, 0.2) is 0 Å². The number of para-hydroxylation sites is 3. The minimum absolute atomic E-state index is 0. The molecule has 421 valence electrons. The Morgan fingerprint density at radius 1 is 0.378 bits per heavy atom. The van der Waals surface area contributed by atoms with E-state index >= 15 is 0 Å². The summed E-state index contributed by atoms with van der Waals surface area (Å²) in [5.74, 6) is 1.70. The van der Waals surface area contributed by atoms with E-state index in [2.05, 4.69) is 99.9 Å². The van der Waals surface area contributed by atoms with Crippen molar-refractivity contribution in [1.82, 2.24) is 34.1 Å². The van der Waals surface area contributed by atoms with Crippen molar-refractivity contribution in [2.24, 2.45) is 7.05 Å². The fourth-order valence-corrected chi connectivity index (χ4v) is 8.35. The zero-order chi connectivity index (χ0) is 55.7. The van der Waals surface area contributed by atoms with Crippen LogP contribution in [0.5, 0.6) is 0 Å². The number of aryl methyl sites for hydroxylation is 5. The SMILES string of the molecule is Cc1cc[c-]c(-c2ccccn2)c1.Cc1cccnc1-c1[c-]cccc1.Cc1ccnc(-c2[c-]cccc2)c1.Cn1c(-c2[c-]cccc2)nc2ccccc21.[2H]C([2H])([2H])c1ccc2c(c1)nc(-c1[c-]cccc1)n2-c1ccccc1.[Ir].[Ir].[Ir].[Ir].[Ir]. The van der Waals surface area contributed by atoms with Crippen molar-refractivity contribution < 1.29 is 105 Å². The molecule has 0 fully saturated rings. The van der Waals surface area contributed by atoms with Gasteiger partial charge in [-0.05, 0) is 97.9 Å². The van der Waals surface area contributed by atoms with E-state index in [9.17, 15) is 0 Å². The van der Waals surface area contributed by atoms with Gasteiger partial charge in [-0.3, -0.25) is 9.97 Å². The second-order valence-corrected chi connectivity index (χ2v) is 17.8. The van der Waals surface area contributed by atoms with Crippen LogP contribution >= 0.6 is 0 Å². The summed E-state index contributed by atoms with van der Waals surface area (Å²) in [5.41, 5.74) is 16.6. The van der Waals surface area contributed by atoms with Gasteiger partial charge in [0.05, 0.1) is 33.7 Å². The maximum atomic E-state index is 7.63. The molecular weight excluding hydrogens is 1900 g/mol. The summed E-state index contributed by atoms with van der Waals surface area (Å²) in [6.07, 6.45) is 5.43. The van der Waals surface area contributed by atoms with Crippen LogP contribution in [0.15, 0.2) is 249 Å². The maximum Gasteiger partial charge on any atom is 0.0777 e. The minimum atomic E-state index is -2.15. The molecule has 0 aliphatic rings. The van der Waals surface area contributed by atoms with Crippen LogP contribution < -0.4 is 0 Å². The van der Waals surface area contributed by atoms with E-state index in [4.69, 9.17) is 9.10 Å². The summed E-state index contributed by atoms with van der Waals surface area (Å²) in [6, 6.07) is 90.4. The Bertz CT molecular complexity index is 3960. The third kappa shape index (κ3) is 18.5. The number of hydrogen-bond acceptors (Lipinski definition) is 5. The van der Waals surface area contributed by atoms with Gasteiger partial charge in [-0.25, -0.2) is 0 Å². The first-order valence-corrected chi connectivity index (χ1v) is 25.1. The molecule has 0 aliphatic heterocycles. The Kier molecular flexibility index (Phi) is 26.7. The van der Waals surface area contributed by atoms with Crippen LogP contribution in [0.25, 0.3) is 84.3 Å². The molecule has 5 heterocycles. The maximum absolute atomic E-state index is 7.63. The fourth-order valence-electron chi connectivity index (χ4n) is 8.35. The molecule has 0 saturated carbocycles. The zero-order valence-electron chi connectivity index (χ0n) is 48.0. The number of aromatic nitrogens is 7. The first-order valence-electron chi connectivity index (χ1n) is 26.6. The van der Waals surface area contributed by atoms with Gasteiger partial charge < -0.3 is 24.1 Å². The molecule has 12 heteroatoms. The second kappa shape index (κ2) is 34.7. The van der Waals surface area contributed by atoms with Crippen LogP contribution in [-0.2, 0) is 108 Å². The standard InChI is InChI=1S/C20H15N2.C14H11N2.3C12H10N.5Ir/c1-15-12-13-19-18(14-15)21-20(16-8-4-2-5-9-16)22(19)17-10-6-3-7-11-17;1-16-13-10-6-5-9-12(13)15-14(16)11-7-3-2-4-8-11;1-10-5-4-6-11(9-10)12-7-2-3-8-13-12;1-10-6-5-9-13-12(10)11-7-3-2-4-8-11;1-10-7-8-13-12(9-10)11-5-3-2-4-6-11;;;;;/h2-8,10-14H,1H3;2-7,9-10H,1H3;2-5,7-9H,1H3;2-7,9H,1H3;2-5,7-9H,1H3;;;;;/q5*-1;;;;;/i1D3;;;;;;;;;. The predicted molar refractivity (Wildman–Crippen MR) is 315 cm³/mol. The van der Waals surface area contributed by atoms with Crippen LogP contribution in [0.4, 0.5) is 0 Å². The molecule has 0 unspecified atom stereocenters. The largest absolute Gasteiger partial charge is 0.367 e. The topological polar surface area (TPSA) is 74.3 Å². The molecule has 0 spiro atoms. The first-order chi connectivity index (χ1) is 39.0. The zero-order valence-corrected chi connectivity index (χ0v) is 56.9. The average Bonchev–Trinajstić information content (AvgIpc) is 4.31. The quantitative estimate of drug-likeness (QED) is 0.155. The predicted octanol–water partition coefficient (Wildman–Crippen LogP) is 16.4. The molecule has 0 atom stereocenters. The molecule has 0 saturated heterocycles. The molecule has 7 nitrogen and oxygen atoms in total. The Hall–Kier alpha value is -6.60. The molecule has 13 aromatic rings. The van der Waals surface area contributed by atoms with E-state index in [1.54, 1.807) is 18.3 Å². The van der Waals surface area contributed by atoms with E-state index in [1.807, 2.05) is 218 Å². The van der Waals surface area contributed by atoms with E-state index in [0.717, 1.165) is 78.8 Å². The summed E-state index contributed by atoms with van der Waals surface area (Å²) >= 11 is 0. The van der Waals surface area contributed by atoms with Crippen LogP contribution in [0.2, 0.25) is 0 Å². The van der Waals surface area contributed by atoms with Crippen molar-refractivity contribution >= 4 is 22.1 Å². The van der Waals surface area contributed by atoms with Crippen molar-refractivity contribution in [2.75, 3.05) is 0 Å². The van der Waals surface area contributed by atoms with Crippen molar-refractivity contribution in [2.45, 2.75) is 27.6 Å². The van der Waals surface area contributed by atoms with E-state index in [0.29, 0.717) is 11.1 Å². The number of imidazole rings is 2. The summed E-state index contributed by atoms with van der Waals surface area (Å²) in [4.78, 5) is 22.2. The summed E-state index contributed by atoms with van der Waals surface area (Å²) in [7, 11) is 2.03. The van der Waals surface area contributed by atoms with E-state index in [-0.39, 0.29) is 101 Å². The Labute approximate surface area is 554 Å². The van der Waals surface area contributed by atoms with Gasteiger partial charge in [0.2, 0.25) is 0 Å². The second-order valence-electron chi connectivity index (χ2n) is 17.8. The van der Waals surface area contributed by atoms with Crippen LogP contribution in [0.3, 0.4) is 0 Å². The summed E-state index contributed by atoms with van der Waals surface area (Å²) in [6.45, 7) is 4.04. The average molecular weight is 1960 g/mol. The van der Waals surface area contributed by atoms with Gasteiger partial charge in [0, 0.05) is 136 Å². The molecule has 0 N–H and O–H groups in total. The van der Waals surface area contributed by atoms with Gasteiger partial charge in [-0.2, -0.15) is 0 Å². The smallest absolute Gasteiger partial charge is 0.0777 e.